The van der Waals surface area contributed by atoms with Gasteiger partial charge in [0.2, 0.25) is 0 Å². The standard InChI is InChI=1S/C13H16N2OS/c1-16-12-4-2-3-11(9-12)10-14-6-5-13-15-7-8-17-13/h2-4,7-9,14H,5-6,10H2,1H3. The highest BCUT2D eigenvalue weighted by molar-refractivity contribution is 7.09. The van der Waals surface area contributed by atoms with Crippen molar-refractivity contribution in [2.45, 2.75) is 13.0 Å². The van der Waals surface area contributed by atoms with E-state index in [0.29, 0.717) is 0 Å². The van der Waals surface area contributed by atoms with Gasteiger partial charge in [-0.15, -0.1) is 11.3 Å². The Kier molecular flexibility index (Phi) is 4.53. The number of thiazole rings is 1. The van der Waals surface area contributed by atoms with Crippen LogP contribution in [0, 0.1) is 0 Å². The minimum atomic E-state index is 0.864. The summed E-state index contributed by atoms with van der Waals surface area (Å²) in [7, 11) is 1.69. The Hall–Kier alpha value is -1.39. The molecule has 1 heterocycles. The van der Waals surface area contributed by atoms with Crippen molar-refractivity contribution >= 4 is 11.3 Å². The van der Waals surface area contributed by atoms with Crippen LogP contribution in [0.3, 0.4) is 0 Å². The minimum absolute atomic E-state index is 0.864. The molecule has 4 heteroatoms. The van der Waals surface area contributed by atoms with Gasteiger partial charge in [-0.3, -0.25) is 0 Å². The molecule has 3 nitrogen and oxygen atoms in total. The monoisotopic (exact) mass is 248 g/mol. The predicted molar refractivity (Wildman–Crippen MR) is 70.5 cm³/mol. The number of benzene rings is 1. The summed E-state index contributed by atoms with van der Waals surface area (Å²) in [6.07, 6.45) is 2.84. The molecule has 0 aliphatic carbocycles. The summed E-state index contributed by atoms with van der Waals surface area (Å²) in [4.78, 5) is 4.25. The number of aromatic nitrogens is 1. The molecule has 0 unspecified atom stereocenters. The van der Waals surface area contributed by atoms with Gasteiger partial charge >= 0.3 is 0 Å². The van der Waals surface area contributed by atoms with Crippen molar-refractivity contribution in [2.75, 3.05) is 13.7 Å². The number of nitrogens with zero attached hydrogens (tertiary/aromatic N) is 1. The summed E-state index contributed by atoms with van der Waals surface area (Å²) in [6, 6.07) is 8.12. The second kappa shape index (κ2) is 6.37. The number of ether oxygens (including phenoxy) is 1. The highest BCUT2D eigenvalue weighted by Crippen LogP contribution is 2.12. The van der Waals surface area contributed by atoms with E-state index in [1.165, 1.54) is 10.6 Å². The molecule has 0 saturated heterocycles. The van der Waals surface area contributed by atoms with Crippen molar-refractivity contribution < 1.29 is 4.74 Å². The summed E-state index contributed by atoms with van der Waals surface area (Å²) in [6.45, 7) is 1.81. The van der Waals surface area contributed by atoms with E-state index in [2.05, 4.69) is 22.4 Å². The van der Waals surface area contributed by atoms with Gasteiger partial charge in [0.05, 0.1) is 12.1 Å². The Morgan fingerprint density at radius 1 is 1.41 bits per heavy atom. The number of hydrogen-bond donors (Lipinski definition) is 1. The minimum Gasteiger partial charge on any atom is -0.497 e. The van der Waals surface area contributed by atoms with Crippen molar-refractivity contribution in [3.05, 3.63) is 46.4 Å². The summed E-state index contributed by atoms with van der Waals surface area (Å²) in [5.74, 6) is 0.907. The number of nitrogens with one attached hydrogen (secondary N) is 1. The van der Waals surface area contributed by atoms with Crippen LogP contribution < -0.4 is 10.1 Å². The molecule has 0 radical (unpaired) electrons. The quantitative estimate of drug-likeness (QED) is 0.797. The van der Waals surface area contributed by atoms with Gasteiger partial charge in [0.1, 0.15) is 5.75 Å². The van der Waals surface area contributed by atoms with E-state index < -0.39 is 0 Å². The Bertz CT molecular complexity index is 442. The molecule has 0 fully saturated rings. The lowest BCUT2D eigenvalue weighted by atomic mass is 10.2. The molecule has 0 spiro atoms. The summed E-state index contributed by atoms with van der Waals surface area (Å²) >= 11 is 1.70. The van der Waals surface area contributed by atoms with Gasteiger partial charge in [-0.2, -0.15) is 0 Å². The van der Waals surface area contributed by atoms with Crippen molar-refractivity contribution in [1.29, 1.82) is 0 Å². The van der Waals surface area contributed by atoms with Crippen LogP contribution in [0.15, 0.2) is 35.8 Å². The van der Waals surface area contributed by atoms with E-state index >= 15 is 0 Å². The molecular weight excluding hydrogens is 232 g/mol. The first kappa shape index (κ1) is 12.1. The summed E-state index contributed by atoms with van der Waals surface area (Å²) in [5, 5.41) is 6.60. The van der Waals surface area contributed by atoms with Crippen LogP contribution >= 0.6 is 11.3 Å². The molecule has 1 aromatic heterocycles. The fourth-order valence-electron chi connectivity index (χ4n) is 1.59. The lowest BCUT2D eigenvalue weighted by Gasteiger charge is -2.05. The van der Waals surface area contributed by atoms with Gasteiger partial charge in [-0.05, 0) is 17.7 Å². The zero-order valence-electron chi connectivity index (χ0n) is 9.85. The summed E-state index contributed by atoms with van der Waals surface area (Å²) in [5.41, 5.74) is 1.24. The molecule has 0 aliphatic heterocycles. The van der Waals surface area contributed by atoms with Crippen LogP contribution in [-0.2, 0) is 13.0 Å². The van der Waals surface area contributed by atoms with Gasteiger partial charge in [0.15, 0.2) is 0 Å². The first-order valence-electron chi connectivity index (χ1n) is 5.60. The van der Waals surface area contributed by atoms with Gasteiger partial charge in [0.25, 0.3) is 0 Å². The van der Waals surface area contributed by atoms with Gasteiger partial charge in [0, 0.05) is 31.1 Å². The topological polar surface area (TPSA) is 34.1 Å². The first-order valence-corrected chi connectivity index (χ1v) is 6.48. The van der Waals surface area contributed by atoms with E-state index in [-0.39, 0.29) is 0 Å². The van der Waals surface area contributed by atoms with Gasteiger partial charge < -0.3 is 10.1 Å². The predicted octanol–water partition coefficient (Wildman–Crippen LogP) is 2.48. The highest BCUT2D eigenvalue weighted by Gasteiger charge is 1.97. The Balaban J connectivity index is 1.74. The molecule has 2 rings (SSSR count). The molecule has 0 amide bonds. The zero-order valence-corrected chi connectivity index (χ0v) is 10.7. The SMILES string of the molecule is COc1cccc(CNCCc2nccs2)c1. The zero-order chi connectivity index (χ0) is 11.9. The lowest BCUT2D eigenvalue weighted by Crippen LogP contribution is -2.16. The maximum atomic E-state index is 5.18. The molecule has 0 aliphatic rings. The van der Waals surface area contributed by atoms with Crippen LogP contribution in [0.4, 0.5) is 0 Å². The van der Waals surface area contributed by atoms with Crippen molar-refractivity contribution in [3.8, 4) is 5.75 Å². The van der Waals surface area contributed by atoms with E-state index in [1.54, 1.807) is 18.4 Å². The van der Waals surface area contributed by atoms with E-state index in [1.807, 2.05) is 23.7 Å². The van der Waals surface area contributed by atoms with Crippen molar-refractivity contribution in [3.63, 3.8) is 0 Å². The molecule has 17 heavy (non-hydrogen) atoms. The number of methoxy groups -OCH3 is 1. The molecule has 2 aromatic rings. The molecule has 1 N–H and O–H groups in total. The van der Waals surface area contributed by atoms with E-state index in [4.69, 9.17) is 4.74 Å². The van der Waals surface area contributed by atoms with Crippen LogP contribution in [0.5, 0.6) is 5.75 Å². The fourth-order valence-corrected chi connectivity index (χ4v) is 2.21. The third kappa shape index (κ3) is 3.84. The second-order valence-corrected chi connectivity index (χ2v) is 4.68. The Labute approximate surface area is 105 Å². The molecule has 0 saturated carbocycles. The Morgan fingerprint density at radius 3 is 3.12 bits per heavy atom. The normalized spacial score (nSPS) is 10.4. The average Bonchev–Trinajstić information content (AvgIpc) is 2.88. The highest BCUT2D eigenvalue weighted by atomic mass is 32.1. The van der Waals surface area contributed by atoms with E-state index in [9.17, 15) is 0 Å². The third-order valence-electron chi connectivity index (χ3n) is 2.46. The van der Waals surface area contributed by atoms with Crippen molar-refractivity contribution in [1.82, 2.24) is 10.3 Å². The van der Waals surface area contributed by atoms with Gasteiger partial charge in [-0.25, -0.2) is 4.98 Å². The molecular formula is C13H16N2OS. The molecule has 1 aromatic carbocycles. The average molecular weight is 248 g/mol. The fraction of sp³-hybridized carbons (Fsp3) is 0.308. The molecule has 90 valence electrons. The van der Waals surface area contributed by atoms with Crippen LogP contribution in [0.2, 0.25) is 0 Å². The van der Waals surface area contributed by atoms with E-state index in [0.717, 1.165) is 25.3 Å². The summed E-state index contributed by atoms with van der Waals surface area (Å²) < 4.78 is 5.18. The maximum Gasteiger partial charge on any atom is 0.119 e. The van der Waals surface area contributed by atoms with Crippen molar-refractivity contribution in [2.24, 2.45) is 0 Å². The van der Waals surface area contributed by atoms with Gasteiger partial charge in [-0.1, -0.05) is 12.1 Å². The number of hydrogen-bond acceptors (Lipinski definition) is 4. The molecule has 0 atom stereocenters. The Morgan fingerprint density at radius 2 is 2.35 bits per heavy atom. The number of rotatable bonds is 6. The van der Waals surface area contributed by atoms with Crippen LogP contribution in [0.25, 0.3) is 0 Å². The maximum absolute atomic E-state index is 5.18. The van der Waals surface area contributed by atoms with Crippen LogP contribution in [0.1, 0.15) is 10.6 Å². The second-order valence-electron chi connectivity index (χ2n) is 3.70. The largest absolute Gasteiger partial charge is 0.497 e. The van der Waals surface area contributed by atoms with Crippen LogP contribution in [-0.4, -0.2) is 18.6 Å². The lowest BCUT2D eigenvalue weighted by molar-refractivity contribution is 0.414. The third-order valence-corrected chi connectivity index (χ3v) is 3.30. The smallest absolute Gasteiger partial charge is 0.119 e. The molecule has 0 bridgehead atoms. The first-order chi connectivity index (χ1) is 8.38.